The molecule has 0 atom stereocenters. The molecule has 2 aromatic rings. The molecule has 0 saturated carbocycles. The van der Waals surface area contributed by atoms with Crippen molar-refractivity contribution in [2.24, 2.45) is 0 Å². The molecule has 0 N–H and O–H groups in total. The SMILES string of the molecule is O=C(C=Cc1c(Cl)cccc1Cl)c1ccc(Cl)cc1Cl. The Hall–Kier alpha value is -0.990. The molecule has 2 aromatic carbocycles. The van der Waals surface area contributed by atoms with E-state index in [-0.39, 0.29) is 5.78 Å². The Labute approximate surface area is 136 Å². The van der Waals surface area contributed by atoms with Gasteiger partial charge >= 0.3 is 0 Å². The van der Waals surface area contributed by atoms with Gasteiger partial charge in [0.2, 0.25) is 0 Å². The predicted octanol–water partition coefficient (Wildman–Crippen LogP) is 6.20. The molecule has 0 aromatic heterocycles. The Morgan fingerprint density at radius 2 is 1.55 bits per heavy atom. The highest BCUT2D eigenvalue weighted by molar-refractivity contribution is 6.38. The first kappa shape index (κ1) is 15.4. The van der Waals surface area contributed by atoms with Crippen LogP contribution in [0.4, 0.5) is 0 Å². The number of benzene rings is 2. The van der Waals surface area contributed by atoms with Gasteiger partial charge in [0.25, 0.3) is 0 Å². The fourth-order valence-corrected chi connectivity index (χ4v) is 2.63. The number of rotatable bonds is 3. The van der Waals surface area contributed by atoms with E-state index < -0.39 is 0 Å². The lowest BCUT2D eigenvalue weighted by molar-refractivity contribution is 0.104. The molecule has 102 valence electrons. The van der Waals surface area contributed by atoms with Gasteiger partial charge in [0, 0.05) is 26.2 Å². The second-order valence-electron chi connectivity index (χ2n) is 3.96. The highest BCUT2D eigenvalue weighted by atomic mass is 35.5. The van der Waals surface area contributed by atoms with Crippen LogP contribution in [0.25, 0.3) is 6.08 Å². The summed E-state index contributed by atoms with van der Waals surface area (Å²) in [6.07, 6.45) is 2.94. The lowest BCUT2D eigenvalue weighted by atomic mass is 10.1. The van der Waals surface area contributed by atoms with Gasteiger partial charge in [-0.05, 0) is 42.5 Å². The Morgan fingerprint density at radius 1 is 0.900 bits per heavy atom. The Morgan fingerprint density at radius 3 is 2.15 bits per heavy atom. The fourth-order valence-electron chi connectivity index (χ4n) is 1.61. The summed E-state index contributed by atoms with van der Waals surface area (Å²) in [4.78, 5) is 12.1. The molecule has 0 heterocycles. The van der Waals surface area contributed by atoms with E-state index in [9.17, 15) is 4.79 Å². The quantitative estimate of drug-likeness (QED) is 0.478. The highest BCUT2D eigenvalue weighted by Crippen LogP contribution is 2.26. The largest absolute Gasteiger partial charge is 0.289 e. The average Bonchev–Trinajstić information content (AvgIpc) is 2.37. The topological polar surface area (TPSA) is 17.1 Å². The molecule has 2 rings (SSSR count). The van der Waals surface area contributed by atoms with Crippen LogP contribution in [0.2, 0.25) is 20.1 Å². The van der Waals surface area contributed by atoms with Crippen molar-refractivity contribution in [3.63, 3.8) is 0 Å². The van der Waals surface area contributed by atoms with Crippen LogP contribution in [0.1, 0.15) is 15.9 Å². The van der Waals surface area contributed by atoms with Gasteiger partial charge in [-0.15, -0.1) is 0 Å². The van der Waals surface area contributed by atoms with Gasteiger partial charge in [0.15, 0.2) is 5.78 Å². The number of hydrogen-bond donors (Lipinski definition) is 0. The van der Waals surface area contributed by atoms with E-state index in [0.717, 1.165) is 0 Å². The molecule has 20 heavy (non-hydrogen) atoms. The number of allylic oxidation sites excluding steroid dienone is 1. The molecule has 0 aliphatic carbocycles. The molecule has 0 aliphatic rings. The number of carbonyl (C=O) groups is 1. The van der Waals surface area contributed by atoms with E-state index in [1.165, 1.54) is 12.1 Å². The maximum atomic E-state index is 12.1. The molecule has 0 radical (unpaired) electrons. The Bertz CT molecular complexity index is 672. The standard InChI is InChI=1S/C15H8Cl4O/c16-9-4-5-11(14(19)8-9)15(20)7-6-10-12(17)2-1-3-13(10)18/h1-8H. The van der Waals surface area contributed by atoms with Crippen molar-refractivity contribution in [2.75, 3.05) is 0 Å². The third-order valence-corrected chi connectivity index (χ3v) is 3.80. The molecule has 0 amide bonds. The first-order valence-corrected chi connectivity index (χ1v) is 7.11. The Kier molecular flexibility index (Phi) is 5.11. The van der Waals surface area contributed by atoms with Crippen molar-refractivity contribution in [3.8, 4) is 0 Å². The zero-order chi connectivity index (χ0) is 14.7. The summed E-state index contributed by atoms with van der Waals surface area (Å²) in [6, 6.07) is 9.84. The second-order valence-corrected chi connectivity index (χ2v) is 5.62. The van der Waals surface area contributed by atoms with Crippen molar-refractivity contribution < 1.29 is 4.79 Å². The summed E-state index contributed by atoms with van der Waals surface area (Å²) in [5.41, 5.74) is 0.963. The molecule has 0 aliphatic heterocycles. The van der Waals surface area contributed by atoms with E-state index in [2.05, 4.69) is 0 Å². The number of hydrogen-bond acceptors (Lipinski definition) is 1. The zero-order valence-electron chi connectivity index (χ0n) is 10.0. The van der Waals surface area contributed by atoms with Crippen molar-refractivity contribution >= 4 is 58.3 Å². The van der Waals surface area contributed by atoms with Crippen molar-refractivity contribution in [3.05, 3.63) is 73.7 Å². The summed E-state index contributed by atoms with van der Waals surface area (Å²) < 4.78 is 0. The highest BCUT2D eigenvalue weighted by Gasteiger charge is 2.08. The van der Waals surface area contributed by atoms with Crippen LogP contribution in [0, 0.1) is 0 Å². The maximum Gasteiger partial charge on any atom is 0.187 e. The van der Waals surface area contributed by atoms with Gasteiger partial charge in [0.05, 0.1) is 5.02 Å². The third-order valence-electron chi connectivity index (χ3n) is 2.60. The van der Waals surface area contributed by atoms with E-state index in [0.29, 0.717) is 31.2 Å². The van der Waals surface area contributed by atoms with Gasteiger partial charge in [-0.25, -0.2) is 0 Å². The summed E-state index contributed by atoms with van der Waals surface area (Å²) in [5, 5.41) is 1.73. The van der Waals surface area contributed by atoms with Crippen molar-refractivity contribution in [2.45, 2.75) is 0 Å². The van der Waals surface area contributed by atoms with Gasteiger partial charge < -0.3 is 0 Å². The summed E-state index contributed by atoms with van der Waals surface area (Å²) >= 11 is 23.8. The van der Waals surface area contributed by atoms with Crippen LogP contribution in [-0.4, -0.2) is 5.78 Å². The summed E-state index contributed by atoms with van der Waals surface area (Å²) in [5.74, 6) is -0.248. The average molecular weight is 346 g/mol. The monoisotopic (exact) mass is 344 g/mol. The Balaban J connectivity index is 2.30. The molecule has 0 bridgehead atoms. The number of ketones is 1. The first-order valence-electron chi connectivity index (χ1n) is 5.60. The van der Waals surface area contributed by atoms with Crippen molar-refractivity contribution in [1.29, 1.82) is 0 Å². The number of carbonyl (C=O) groups excluding carboxylic acids is 1. The predicted molar refractivity (Wildman–Crippen MR) is 86.3 cm³/mol. The molecule has 0 fully saturated rings. The van der Waals surface area contributed by atoms with Gasteiger partial charge in [0.1, 0.15) is 0 Å². The molecular weight excluding hydrogens is 338 g/mol. The van der Waals surface area contributed by atoms with E-state index in [4.69, 9.17) is 46.4 Å². The summed E-state index contributed by atoms with van der Waals surface area (Å²) in [7, 11) is 0. The fraction of sp³-hybridized carbons (Fsp3) is 0. The molecule has 5 heteroatoms. The van der Waals surface area contributed by atoms with E-state index in [1.807, 2.05) is 0 Å². The van der Waals surface area contributed by atoms with Crippen LogP contribution in [0.5, 0.6) is 0 Å². The first-order chi connectivity index (χ1) is 9.49. The maximum absolute atomic E-state index is 12.1. The lowest BCUT2D eigenvalue weighted by Crippen LogP contribution is -1.95. The molecule has 0 unspecified atom stereocenters. The van der Waals surface area contributed by atoms with Gasteiger partial charge in [-0.2, -0.15) is 0 Å². The smallest absolute Gasteiger partial charge is 0.187 e. The zero-order valence-corrected chi connectivity index (χ0v) is 13.1. The van der Waals surface area contributed by atoms with Crippen LogP contribution in [0.3, 0.4) is 0 Å². The van der Waals surface area contributed by atoms with Gasteiger partial charge in [-0.3, -0.25) is 4.79 Å². The molecule has 0 saturated heterocycles. The third kappa shape index (κ3) is 3.56. The second kappa shape index (κ2) is 6.64. The number of halogens is 4. The summed E-state index contributed by atoms with van der Waals surface area (Å²) in [6.45, 7) is 0. The lowest BCUT2D eigenvalue weighted by Gasteiger charge is -2.02. The van der Waals surface area contributed by atoms with Crippen LogP contribution >= 0.6 is 46.4 Å². The van der Waals surface area contributed by atoms with Crippen LogP contribution in [0.15, 0.2) is 42.5 Å². The van der Waals surface area contributed by atoms with Crippen molar-refractivity contribution in [1.82, 2.24) is 0 Å². The molecule has 0 spiro atoms. The minimum atomic E-state index is -0.248. The van der Waals surface area contributed by atoms with Crippen LogP contribution in [-0.2, 0) is 0 Å². The minimum absolute atomic E-state index is 0.248. The van der Waals surface area contributed by atoms with Gasteiger partial charge in [-0.1, -0.05) is 52.5 Å². The molecule has 1 nitrogen and oxygen atoms in total. The molecular formula is C15H8Cl4O. The normalized spacial score (nSPS) is 11.0. The van der Waals surface area contributed by atoms with E-state index >= 15 is 0 Å². The van der Waals surface area contributed by atoms with Crippen LogP contribution < -0.4 is 0 Å². The van der Waals surface area contributed by atoms with E-state index in [1.54, 1.807) is 36.4 Å². The minimum Gasteiger partial charge on any atom is -0.289 e.